The van der Waals surface area contributed by atoms with Gasteiger partial charge in [-0.3, -0.25) is 0 Å². The fraction of sp³-hybridized carbons (Fsp3) is 0.700. The van der Waals surface area contributed by atoms with Crippen molar-refractivity contribution in [1.29, 1.82) is 0 Å². The molecule has 1 saturated carbocycles. The number of carbonyl (C=O) groups is 1. The highest BCUT2D eigenvalue weighted by molar-refractivity contribution is 5.85. The largest absolute Gasteiger partial charge is 0.545 e. The van der Waals surface area contributed by atoms with Crippen LogP contribution in [0.5, 0.6) is 0 Å². The van der Waals surface area contributed by atoms with Crippen LogP contribution in [0.4, 0.5) is 0 Å². The first-order valence-corrected chi connectivity index (χ1v) is 4.53. The van der Waals surface area contributed by atoms with E-state index in [1.54, 1.807) is 0 Å². The van der Waals surface area contributed by atoms with Crippen LogP contribution in [0.15, 0.2) is 11.6 Å². The Hall–Kier alpha value is -0.790. The molecule has 66 valence electrons. The van der Waals surface area contributed by atoms with Gasteiger partial charge in [0.05, 0.1) is 5.97 Å². The molecule has 0 heterocycles. The first-order valence-electron chi connectivity index (χ1n) is 4.53. The average molecular weight is 165 g/mol. The Bertz CT molecular complexity index is 253. The van der Waals surface area contributed by atoms with Gasteiger partial charge in [-0.05, 0) is 35.7 Å². The summed E-state index contributed by atoms with van der Waals surface area (Å²) >= 11 is 0. The third-order valence-corrected chi connectivity index (χ3v) is 3.17. The Balaban J connectivity index is 2.03. The summed E-state index contributed by atoms with van der Waals surface area (Å²) in [4.78, 5) is 10.5. The molecule has 12 heavy (non-hydrogen) atoms. The monoisotopic (exact) mass is 165 g/mol. The lowest BCUT2D eigenvalue weighted by molar-refractivity contribution is -0.299. The van der Waals surface area contributed by atoms with E-state index in [4.69, 9.17) is 0 Å². The smallest absolute Gasteiger partial charge is 0.0671 e. The van der Waals surface area contributed by atoms with E-state index in [1.165, 1.54) is 0 Å². The molecule has 2 aliphatic rings. The zero-order valence-corrected chi connectivity index (χ0v) is 7.41. The van der Waals surface area contributed by atoms with Crippen molar-refractivity contribution >= 4 is 5.97 Å². The molecule has 1 fully saturated rings. The lowest BCUT2D eigenvalue weighted by Crippen LogP contribution is -2.24. The molecule has 2 aliphatic carbocycles. The Morgan fingerprint density at radius 2 is 2.33 bits per heavy atom. The number of rotatable bonds is 2. The minimum atomic E-state index is -0.968. The third kappa shape index (κ3) is 0.977. The van der Waals surface area contributed by atoms with Gasteiger partial charge < -0.3 is 9.90 Å². The molecule has 2 nitrogen and oxygen atoms in total. The minimum Gasteiger partial charge on any atom is -0.545 e. The first kappa shape index (κ1) is 7.84. The molecule has 3 unspecified atom stereocenters. The number of carboxylic acids is 1. The summed E-state index contributed by atoms with van der Waals surface area (Å²) in [5.74, 6) is 1.65. The van der Waals surface area contributed by atoms with Crippen molar-refractivity contribution in [3.63, 3.8) is 0 Å². The maximum absolute atomic E-state index is 10.5. The fourth-order valence-electron chi connectivity index (χ4n) is 2.58. The standard InChI is InChI=1S/C10H14O2/c1-5(2)9-7-3-6(10(11)12)4-8(7)9/h3,5,7-9H,4H2,1-2H3,(H,11,12)/p-1. The van der Waals surface area contributed by atoms with Crippen LogP contribution < -0.4 is 5.11 Å². The fourth-order valence-corrected chi connectivity index (χ4v) is 2.58. The molecule has 0 aromatic heterocycles. The van der Waals surface area contributed by atoms with E-state index in [-0.39, 0.29) is 0 Å². The Morgan fingerprint density at radius 1 is 1.67 bits per heavy atom. The molecule has 0 aromatic carbocycles. The van der Waals surface area contributed by atoms with Crippen molar-refractivity contribution in [1.82, 2.24) is 0 Å². The molecular weight excluding hydrogens is 152 g/mol. The van der Waals surface area contributed by atoms with Gasteiger partial charge in [0, 0.05) is 0 Å². The second-order valence-electron chi connectivity index (χ2n) is 4.25. The van der Waals surface area contributed by atoms with Crippen molar-refractivity contribution in [2.45, 2.75) is 20.3 Å². The molecule has 3 atom stereocenters. The highest BCUT2D eigenvalue weighted by atomic mass is 16.4. The van der Waals surface area contributed by atoms with Crippen molar-refractivity contribution in [3.05, 3.63) is 11.6 Å². The number of aliphatic carboxylic acids is 1. The topological polar surface area (TPSA) is 40.1 Å². The van der Waals surface area contributed by atoms with Crippen LogP contribution in [0.1, 0.15) is 20.3 Å². The van der Waals surface area contributed by atoms with E-state index in [2.05, 4.69) is 13.8 Å². The number of hydrogen-bond donors (Lipinski definition) is 0. The number of fused-ring (bicyclic) bond motifs is 1. The lowest BCUT2D eigenvalue weighted by atomic mass is 10.0. The van der Waals surface area contributed by atoms with E-state index in [0.717, 1.165) is 12.3 Å². The summed E-state index contributed by atoms with van der Waals surface area (Å²) in [5, 5.41) is 10.5. The van der Waals surface area contributed by atoms with Gasteiger partial charge in [-0.1, -0.05) is 19.9 Å². The Labute approximate surface area is 72.3 Å². The second-order valence-corrected chi connectivity index (χ2v) is 4.25. The molecule has 0 N–H and O–H groups in total. The number of hydrogen-bond acceptors (Lipinski definition) is 2. The molecule has 0 spiro atoms. The zero-order chi connectivity index (χ0) is 8.88. The van der Waals surface area contributed by atoms with E-state index < -0.39 is 5.97 Å². The van der Waals surface area contributed by atoms with Crippen LogP contribution in [-0.2, 0) is 4.79 Å². The Morgan fingerprint density at radius 3 is 2.67 bits per heavy atom. The van der Waals surface area contributed by atoms with E-state index in [9.17, 15) is 9.90 Å². The van der Waals surface area contributed by atoms with Crippen molar-refractivity contribution in [2.75, 3.05) is 0 Å². The molecule has 0 amide bonds. The lowest BCUT2D eigenvalue weighted by Gasteiger charge is -2.08. The van der Waals surface area contributed by atoms with E-state index in [1.807, 2.05) is 6.08 Å². The minimum absolute atomic E-state index is 0.530. The van der Waals surface area contributed by atoms with Gasteiger partial charge in [-0.15, -0.1) is 0 Å². The molecular formula is C10H13O2-. The summed E-state index contributed by atoms with van der Waals surface area (Å²) in [5.41, 5.74) is 0.530. The van der Waals surface area contributed by atoms with Gasteiger partial charge in [0.15, 0.2) is 0 Å². The predicted octanol–water partition coefficient (Wildman–Crippen LogP) is 0.585. The van der Waals surface area contributed by atoms with Gasteiger partial charge in [-0.25, -0.2) is 0 Å². The van der Waals surface area contributed by atoms with Crippen LogP contribution in [0.25, 0.3) is 0 Å². The molecule has 0 saturated heterocycles. The van der Waals surface area contributed by atoms with Crippen molar-refractivity contribution in [3.8, 4) is 0 Å². The van der Waals surface area contributed by atoms with Crippen LogP contribution in [0.3, 0.4) is 0 Å². The zero-order valence-electron chi connectivity index (χ0n) is 7.41. The van der Waals surface area contributed by atoms with Crippen LogP contribution in [-0.4, -0.2) is 5.97 Å². The maximum Gasteiger partial charge on any atom is 0.0671 e. The SMILES string of the molecule is CC(C)C1C2C=C(C(=O)[O-])CC21. The van der Waals surface area contributed by atoms with Crippen molar-refractivity contribution in [2.24, 2.45) is 23.7 Å². The number of allylic oxidation sites excluding steroid dienone is 1. The van der Waals surface area contributed by atoms with Crippen LogP contribution in [0, 0.1) is 23.7 Å². The van der Waals surface area contributed by atoms with Gasteiger partial charge in [0.25, 0.3) is 0 Å². The summed E-state index contributed by atoms with van der Waals surface area (Å²) in [6.07, 6.45) is 2.65. The van der Waals surface area contributed by atoms with Crippen molar-refractivity contribution < 1.29 is 9.90 Å². The second kappa shape index (κ2) is 2.35. The molecule has 2 rings (SSSR count). The number of carboxylic acid groups (broad SMARTS) is 1. The third-order valence-electron chi connectivity index (χ3n) is 3.17. The summed E-state index contributed by atoms with van der Waals surface area (Å²) in [6, 6.07) is 0. The average Bonchev–Trinajstić information content (AvgIpc) is 2.48. The molecule has 0 aromatic rings. The molecule has 2 heteroatoms. The summed E-state index contributed by atoms with van der Waals surface area (Å²) in [7, 11) is 0. The van der Waals surface area contributed by atoms with E-state index in [0.29, 0.717) is 23.3 Å². The summed E-state index contributed by atoms with van der Waals surface area (Å²) in [6.45, 7) is 4.41. The van der Waals surface area contributed by atoms with E-state index >= 15 is 0 Å². The first-order chi connectivity index (χ1) is 5.61. The van der Waals surface area contributed by atoms with Gasteiger partial charge in [0.1, 0.15) is 0 Å². The van der Waals surface area contributed by atoms with Gasteiger partial charge in [-0.2, -0.15) is 0 Å². The number of carbonyl (C=O) groups excluding carboxylic acids is 1. The molecule has 0 bridgehead atoms. The molecule has 0 aliphatic heterocycles. The highest BCUT2D eigenvalue weighted by Gasteiger charge is 2.53. The summed E-state index contributed by atoms with van der Waals surface area (Å²) < 4.78 is 0. The van der Waals surface area contributed by atoms with Gasteiger partial charge in [0.2, 0.25) is 0 Å². The quantitative estimate of drug-likeness (QED) is 0.600. The highest BCUT2D eigenvalue weighted by Crippen LogP contribution is 2.59. The van der Waals surface area contributed by atoms with Crippen LogP contribution >= 0.6 is 0 Å². The van der Waals surface area contributed by atoms with Crippen LogP contribution in [0.2, 0.25) is 0 Å². The Kier molecular flexibility index (Phi) is 1.53. The maximum atomic E-state index is 10.5. The molecule has 0 radical (unpaired) electrons. The van der Waals surface area contributed by atoms with Gasteiger partial charge >= 0.3 is 0 Å². The predicted molar refractivity (Wildman–Crippen MR) is 43.0 cm³/mol. The normalized spacial score (nSPS) is 37.9.